The fourth-order valence-electron chi connectivity index (χ4n) is 2.19. The van der Waals surface area contributed by atoms with Crippen LogP contribution in [-0.2, 0) is 0 Å². The number of nitrogens with zero attached hydrogens (tertiary/aromatic N) is 1. The number of aromatic nitrogens is 2. The highest BCUT2D eigenvalue weighted by atomic mass is 32.2. The van der Waals surface area contributed by atoms with Crippen molar-refractivity contribution < 1.29 is 4.39 Å². The topological polar surface area (TPSA) is 20.7 Å². The third kappa shape index (κ3) is 1.58. The van der Waals surface area contributed by atoms with Gasteiger partial charge in [-0.1, -0.05) is 0 Å². The van der Waals surface area contributed by atoms with Crippen LogP contribution in [0.3, 0.4) is 0 Å². The lowest BCUT2D eigenvalue weighted by Crippen LogP contribution is -2.07. The second-order valence-corrected chi connectivity index (χ2v) is 5.52. The summed E-state index contributed by atoms with van der Waals surface area (Å²) < 4.78 is 15.9. The molecule has 3 rings (SSSR count). The first-order chi connectivity index (χ1) is 7.75. The number of H-pyrrole nitrogens is 1. The summed E-state index contributed by atoms with van der Waals surface area (Å²) in [5.74, 6) is 2.05. The Kier molecular flexibility index (Phi) is 2.52. The predicted molar refractivity (Wildman–Crippen MR) is 68.1 cm³/mol. The fourth-order valence-corrected chi connectivity index (χ4v) is 3.74. The number of hydrogen-bond donors (Lipinski definition) is 1. The monoisotopic (exact) mass is 254 g/mol. The summed E-state index contributed by atoms with van der Waals surface area (Å²) in [5.41, 5.74) is 1.81. The average molecular weight is 254 g/mol. The standard InChI is InChI=1S/C11H11FN2S2/c12-7-1-2-10-9(5-7)13-11(15)14(10)8-3-4-16-6-8/h1-2,5,8H,3-4,6H2,(H,13,15). The van der Waals surface area contributed by atoms with Gasteiger partial charge in [0.25, 0.3) is 0 Å². The van der Waals surface area contributed by atoms with E-state index >= 15 is 0 Å². The molecule has 1 aromatic heterocycles. The van der Waals surface area contributed by atoms with E-state index in [0.29, 0.717) is 10.8 Å². The van der Waals surface area contributed by atoms with Gasteiger partial charge in [-0.2, -0.15) is 11.8 Å². The number of benzene rings is 1. The van der Waals surface area contributed by atoms with Gasteiger partial charge in [0.2, 0.25) is 0 Å². The number of thioether (sulfide) groups is 1. The van der Waals surface area contributed by atoms with Gasteiger partial charge in [0, 0.05) is 11.8 Å². The van der Waals surface area contributed by atoms with Crippen molar-refractivity contribution in [2.45, 2.75) is 12.5 Å². The van der Waals surface area contributed by atoms with Gasteiger partial charge in [0.1, 0.15) is 5.82 Å². The molecule has 1 aliphatic rings. The Balaban J connectivity index is 2.23. The molecule has 0 saturated carbocycles. The van der Waals surface area contributed by atoms with Crippen LogP contribution in [0.1, 0.15) is 12.5 Å². The van der Waals surface area contributed by atoms with E-state index in [-0.39, 0.29) is 5.82 Å². The minimum absolute atomic E-state index is 0.225. The van der Waals surface area contributed by atoms with E-state index in [1.54, 1.807) is 6.07 Å². The molecule has 5 heteroatoms. The minimum Gasteiger partial charge on any atom is -0.330 e. The molecule has 2 nitrogen and oxygen atoms in total. The number of nitrogens with one attached hydrogen (secondary N) is 1. The van der Waals surface area contributed by atoms with Crippen molar-refractivity contribution in [3.63, 3.8) is 0 Å². The zero-order valence-corrected chi connectivity index (χ0v) is 10.2. The van der Waals surface area contributed by atoms with E-state index in [2.05, 4.69) is 9.55 Å². The molecule has 2 aromatic rings. The van der Waals surface area contributed by atoms with E-state index in [4.69, 9.17) is 12.2 Å². The quantitative estimate of drug-likeness (QED) is 0.786. The molecule has 1 atom stereocenters. The Labute approximate surface area is 102 Å². The third-order valence-electron chi connectivity index (χ3n) is 2.95. The van der Waals surface area contributed by atoms with Crippen LogP contribution in [0, 0.1) is 10.6 Å². The summed E-state index contributed by atoms with van der Waals surface area (Å²) in [6, 6.07) is 5.25. The summed E-state index contributed by atoms with van der Waals surface area (Å²) >= 11 is 7.25. The van der Waals surface area contributed by atoms with Gasteiger partial charge in [0.15, 0.2) is 4.77 Å². The molecule has 1 aromatic carbocycles. The Morgan fingerprint density at radius 2 is 2.38 bits per heavy atom. The van der Waals surface area contributed by atoms with Crippen LogP contribution < -0.4 is 0 Å². The second kappa shape index (κ2) is 3.89. The molecule has 2 heterocycles. The Hall–Kier alpha value is -0.810. The van der Waals surface area contributed by atoms with Crippen LogP contribution in [0.4, 0.5) is 4.39 Å². The molecule has 0 aliphatic carbocycles. The van der Waals surface area contributed by atoms with Crippen LogP contribution in [0.5, 0.6) is 0 Å². The number of halogens is 1. The zero-order valence-electron chi connectivity index (χ0n) is 8.57. The molecule has 16 heavy (non-hydrogen) atoms. The van der Waals surface area contributed by atoms with Gasteiger partial charge in [-0.25, -0.2) is 4.39 Å². The van der Waals surface area contributed by atoms with Gasteiger partial charge in [0.05, 0.1) is 11.0 Å². The van der Waals surface area contributed by atoms with Crippen molar-refractivity contribution in [2.24, 2.45) is 0 Å². The van der Waals surface area contributed by atoms with Crippen molar-refractivity contribution in [2.75, 3.05) is 11.5 Å². The molecule has 0 amide bonds. The summed E-state index contributed by atoms with van der Waals surface area (Å²) in [6.07, 6.45) is 1.14. The Morgan fingerprint density at radius 3 is 3.12 bits per heavy atom. The van der Waals surface area contributed by atoms with Crippen LogP contribution in [0.2, 0.25) is 0 Å². The van der Waals surface area contributed by atoms with E-state index in [9.17, 15) is 4.39 Å². The van der Waals surface area contributed by atoms with E-state index in [1.807, 2.05) is 11.8 Å². The second-order valence-electron chi connectivity index (χ2n) is 3.98. The molecule has 1 aliphatic heterocycles. The molecule has 1 saturated heterocycles. The normalized spacial score (nSPS) is 20.7. The first-order valence-corrected chi connectivity index (χ1v) is 6.79. The number of imidazole rings is 1. The lowest BCUT2D eigenvalue weighted by atomic mass is 10.2. The Morgan fingerprint density at radius 1 is 1.50 bits per heavy atom. The molecule has 1 unspecified atom stereocenters. The smallest absolute Gasteiger partial charge is 0.178 e. The van der Waals surface area contributed by atoms with Gasteiger partial charge in [-0.15, -0.1) is 0 Å². The number of aromatic amines is 1. The molecular weight excluding hydrogens is 243 g/mol. The maximum Gasteiger partial charge on any atom is 0.178 e. The molecule has 0 bridgehead atoms. The molecule has 1 fully saturated rings. The van der Waals surface area contributed by atoms with Gasteiger partial charge in [-0.3, -0.25) is 0 Å². The highest BCUT2D eigenvalue weighted by molar-refractivity contribution is 7.99. The summed E-state index contributed by atoms with van der Waals surface area (Å²) in [6.45, 7) is 0. The third-order valence-corrected chi connectivity index (χ3v) is 4.39. The van der Waals surface area contributed by atoms with Gasteiger partial charge >= 0.3 is 0 Å². The fraction of sp³-hybridized carbons (Fsp3) is 0.364. The Bertz CT molecular complexity index is 581. The van der Waals surface area contributed by atoms with E-state index in [1.165, 1.54) is 17.9 Å². The summed E-state index contributed by atoms with van der Waals surface area (Å²) in [7, 11) is 0. The highest BCUT2D eigenvalue weighted by Gasteiger charge is 2.20. The van der Waals surface area contributed by atoms with Crippen molar-refractivity contribution in [3.8, 4) is 0 Å². The minimum atomic E-state index is -0.225. The first kappa shape index (κ1) is 10.4. The number of rotatable bonds is 1. The molecule has 0 spiro atoms. The predicted octanol–water partition coefficient (Wildman–Crippen LogP) is 3.52. The molecule has 1 N–H and O–H groups in total. The van der Waals surface area contributed by atoms with E-state index in [0.717, 1.165) is 23.2 Å². The van der Waals surface area contributed by atoms with Crippen LogP contribution in [0.15, 0.2) is 18.2 Å². The lowest BCUT2D eigenvalue weighted by molar-refractivity contribution is 0.568. The SMILES string of the molecule is Fc1ccc2c(c1)[nH]c(=S)n2C1CCSC1. The van der Waals surface area contributed by atoms with Crippen molar-refractivity contribution >= 4 is 35.0 Å². The first-order valence-electron chi connectivity index (χ1n) is 5.23. The van der Waals surface area contributed by atoms with E-state index < -0.39 is 0 Å². The summed E-state index contributed by atoms with van der Waals surface area (Å²) in [5, 5.41) is 0. The van der Waals surface area contributed by atoms with Gasteiger partial charge < -0.3 is 9.55 Å². The summed E-state index contributed by atoms with van der Waals surface area (Å²) in [4.78, 5) is 3.07. The van der Waals surface area contributed by atoms with Crippen LogP contribution in [-0.4, -0.2) is 21.1 Å². The van der Waals surface area contributed by atoms with Gasteiger partial charge in [-0.05, 0) is 42.6 Å². The van der Waals surface area contributed by atoms with Crippen molar-refractivity contribution in [1.82, 2.24) is 9.55 Å². The molecule has 0 radical (unpaired) electrons. The van der Waals surface area contributed by atoms with Crippen LogP contribution in [0.25, 0.3) is 11.0 Å². The lowest BCUT2D eigenvalue weighted by Gasteiger charge is -2.11. The highest BCUT2D eigenvalue weighted by Crippen LogP contribution is 2.31. The largest absolute Gasteiger partial charge is 0.330 e. The average Bonchev–Trinajstić information content (AvgIpc) is 2.83. The zero-order chi connectivity index (χ0) is 11.1. The van der Waals surface area contributed by atoms with Crippen molar-refractivity contribution in [1.29, 1.82) is 0 Å². The number of hydrogen-bond acceptors (Lipinski definition) is 2. The van der Waals surface area contributed by atoms with Crippen molar-refractivity contribution in [3.05, 3.63) is 28.8 Å². The number of fused-ring (bicyclic) bond motifs is 1. The maximum atomic E-state index is 13.1. The molecular formula is C11H11FN2S2. The molecule has 84 valence electrons. The van der Waals surface area contributed by atoms with Crippen LogP contribution >= 0.6 is 24.0 Å². The maximum absolute atomic E-state index is 13.1.